The maximum Gasteiger partial charge on any atom is 0.224 e. The van der Waals surface area contributed by atoms with Crippen LogP contribution in [0.3, 0.4) is 0 Å². The predicted octanol–water partition coefficient (Wildman–Crippen LogP) is 3.20. The second-order valence-corrected chi connectivity index (χ2v) is 5.39. The Hall–Kier alpha value is -1.65. The van der Waals surface area contributed by atoms with E-state index in [2.05, 4.69) is 10.3 Å². The van der Waals surface area contributed by atoms with Crippen LogP contribution < -0.4 is 11.1 Å². The maximum absolute atomic E-state index is 12.0. The fourth-order valence-electron chi connectivity index (χ4n) is 1.96. The lowest BCUT2D eigenvalue weighted by molar-refractivity contribution is -0.116. The molecule has 0 fully saturated rings. The number of benzene rings is 1. The van der Waals surface area contributed by atoms with Crippen molar-refractivity contribution in [3.8, 4) is 0 Å². The lowest BCUT2D eigenvalue weighted by Crippen LogP contribution is -2.16. The molecule has 1 atom stereocenters. The van der Waals surface area contributed by atoms with Crippen LogP contribution in [0.4, 0.5) is 5.69 Å². The average molecular weight is 292 g/mol. The molecule has 5 heteroatoms. The van der Waals surface area contributed by atoms with Crippen molar-refractivity contribution in [1.29, 1.82) is 0 Å². The van der Waals surface area contributed by atoms with Crippen molar-refractivity contribution in [1.82, 2.24) is 4.98 Å². The molecule has 106 valence electrons. The zero-order valence-corrected chi connectivity index (χ0v) is 12.2. The van der Waals surface area contributed by atoms with Crippen molar-refractivity contribution in [2.45, 2.75) is 19.8 Å². The molecule has 0 saturated carbocycles. The van der Waals surface area contributed by atoms with E-state index in [0.29, 0.717) is 29.6 Å². The van der Waals surface area contributed by atoms with E-state index in [4.69, 9.17) is 17.3 Å². The third-order valence-electron chi connectivity index (χ3n) is 3.21. The molecular formula is C15H18ClN3O. The standard InChI is InChI=1S/C15H18ClN3O/c1-10(9-17)4-5-14(20)19-13-8-12(16)7-11-3-2-6-18-15(11)13/h2-3,6-8,10H,4-5,9,17H2,1H3,(H,19,20). The number of amides is 1. The topological polar surface area (TPSA) is 68.0 Å². The molecule has 2 rings (SSSR count). The van der Waals surface area contributed by atoms with Gasteiger partial charge in [-0.3, -0.25) is 9.78 Å². The van der Waals surface area contributed by atoms with Gasteiger partial charge >= 0.3 is 0 Å². The first-order valence-electron chi connectivity index (χ1n) is 6.64. The molecule has 0 aliphatic rings. The van der Waals surface area contributed by atoms with Gasteiger partial charge in [-0.05, 0) is 37.1 Å². The first-order valence-corrected chi connectivity index (χ1v) is 7.02. The van der Waals surface area contributed by atoms with Gasteiger partial charge in [-0.2, -0.15) is 0 Å². The molecule has 4 nitrogen and oxygen atoms in total. The van der Waals surface area contributed by atoms with Gasteiger partial charge in [-0.25, -0.2) is 0 Å². The highest BCUT2D eigenvalue weighted by Gasteiger charge is 2.09. The molecule has 0 saturated heterocycles. The Bertz CT molecular complexity index is 615. The number of anilines is 1. The molecule has 0 aliphatic heterocycles. The van der Waals surface area contributed by atoms with Crippen molar-refractivity contribution in [2.75, 3.05) is 11.9 Å². The van der Waals surface area contributed by atoms with Gasteiger partial charge in [-0.1, -0.05) is 24.6 Å². The number of hydrogen-bond donors (Lipinski definition) is 2. The number of pyridine rings is 1. The minimum atomic E-state index is -0.0421. The number of carbonyl (C=O) groups excluding carboxylic acids is 1. The van der Waals surface area contributed by atoms with E-state index >= 15 is 0 Å². The fraction of sp³-hybridized carbons (Fsp3) is 0.333. The Balaban J connectivity index is 2.15. The lowest BCUT2D eigenvalue weighted by Gasteiger charge is -2.10. The number of aromatic nitrogens is 1. The van der Waals surface area contributed by atoms with Gasteiger partial charge in [-0.15, -0.1) is 0 Å². The average Bonchev–Trinajstić information content (AvgIpc) is 2.44. The summed E-state index contributed by atoms with van der Waals surface area (Å²) in [4.78, 5) is 16.3. The summed E-state index contributed by atoms with van der Waals surface area (Å²) in [7, 11) is 0. The summed E-state index contributed by atoms with van der Waals surface area (Å²) >= 11 is 6.06. The van der Waals surface area contributed by atoms with Gasteiger partial charge in [0.15, 0.2) is 0 Å². The lowest BCUT2D eigenvalue weighted by atomic mass is 10.1. The van der Waals surface area contributed by atoms with Crippen molar-refractivity contribution >= 4 is 34.1 Å². The monoisotopic (exact) mass is 291 g/mol. The number of nitrogens with one attached hydrogen (secondary N) is 1. The Morgan fingerprint density at radius 2 is 2.30 bits per heavy atom. The number of nitrogens with two attached hydrogens (primary N) is 1. The van der Waals surface area contributed by atoms with E-state index in [-0.39, 0.29) is 5.91 Å². The van der Waals surface area contributed by atoms with Crippen LogP contribution >= 0.6 is 11.6 Å². The summed E-state index contributed by atoms with van der Waals surface area (Å²) in [6, 6.07) is 7.31. The van der Waals surface area contributed by atoms with E-state index in [9.17, 15) is 4.79 Å². The van der Waals surface area contributed by atoms with Gasteiger partial charge in [0.25, 0.3) is 0 Å². The van der Waals surface area contributed by atoms with Crippen molar-refractivity contribution < 1.29 is 4.79 Å². The second-order valence-electron chi connectivity index (χ2n) is 4.96. The van der Waals surface area contributed by atoms with Crippen LogP contribution in [0, 0.1) is 5.92 Å². The molecule has 2 aromatic rings. The molecule has 1 amide bonds. The van der Waals surface area contributed by atoms with Crippen molar-refractivity contribution in [3.05, 3.63) is 35.5 Å². The fourth-order valence-corrected chi connectivity index (χ4v) is 2.19. The zero-order valence-electron chi connectivity index (χ0n) is 11.4. The third kappa shape index (κ3) is 3.68. The number of nitrogens with zero attached hydrogens (tertiary/aromatic N) is 1. The van der Waals surface area contributed by atoms with Gasteiger partial charge in [0, 0.05) is 23.0 Å². The summed E-state index contributed by atoms with van der Waals surface area (Å²) in [5.41, 5.74) is 6.94. The van der Waals surface area contributed by atoms with E-state index < -0.39 is 0 Å². The van der Waals surface area contributed by atoms with E-state index in [1.807, 2.05) is 25.1 Å². The number of carbonyl (C=O) groups is 1. The van der Waals surface area contributed by atoms with Crippen LogP contribution in [0.5, 0.6) is 0 Å². The van der Waals surface area contributed by atoms with Crippen molar-refractivity contribution in [3.63, 3.8) is 0 Å². The molecule has 20 heavy (non-hydrogen) atoms. The van der Waals surface area contributed by atoms with Crippen LogP contribution in [-0.4, -0.2) is 17.4 Å². The molecule has 1 heterocycles. The van der Waals surface area contributed by atoms with Crippen LogP contribution in [-0.2, 0) is 4.79 Å². The van der Waals surface area contributed by atoms with E-state index in [1.54, 1.807) is 12.3 Å². The molecule has 1 aromatic carbocycles. The van der Waals surface area contributed by atoms with Crippen LogP contribution in [0.2, 0.25) is 5.02 Å². The smallest absolute Gasteiger partial charge is 0.224 e. The first kappa shape index (κ1) is 14.8. The molecular weight excluding hydrogens is 274 g/mol. The van der Waals surface area contributed by atoms with Gasteiger partial charge < -0.3 is 11.1 Å². The Morgan fingerprint density at radius 3 is 3.05 bits per heavy atom. The summed E-state index contributed by atoms with van der Waals surface area (Å²) < 4.78 is 0. The minimum absolute atomic E-state index is 0.0421. The summed E-state index contributed by atoms with van der Waals surface area (Å²) in [5.74, 6) is 0.300. The number of hydrogen-bond acceptors (Lipinski definition) is 3. The number of rotatable bonds is 5. The van der Waals surface area contributed by atoms with E-state index in [1.165, 1.54) is 0 Å². The molecule has 0 radical (unpaired) electrons. The quantitative estimate of drug-likeness (QED) is 0.889. The molecule has 0 spiro atoms. The molecule has 0 bridgehead atoms. The number of halogens is 1. The maximum atomic E-state index is 12.0. The normalized spacial score (nSPS) is 12.3. The largest absolute Gasteiger partial charge is 0.330 e. The highest BCUT2D eigenvalue weighted by atomic mass is 35.5. The predicted molar refractivity (Wildman–Crippen MR) is 82.8 cm³/mol. The van der Waals surface area contributed by atoms with Gasteiger partial charge in [0.1, 0.15) is 0 Å². The van der Waals surface area contributed by atoms with Gasteiger partial charge in [0.05, 0.1) is 11.2 Å². The molecule has 1 unspecified atom stereocenters. The highest BCUT2D eigenvalue weighted by molar-refractivity contribution is 6.32. The van der Waals surface area contributed by atoms with Crippen LogP contribution in [0.25, 0.3) is 10.9 Å². The highest BCUT2D eigenvalue weighted by Crippen LogP contribution is 2.26. The summed E-state index contributed by atoms with van der Waals surface area (Å²) in [6.45, 7) is 2.62. The second kappa shape index (κ2) is 6.68. The molecule has 3 N–H and O–H groups in total. The Kier molecular flexibility index (Phi) is 4.93. The Labute approximate surface area is 123 Å². The van der Waals surface area contributed by atoms with Crippen molar-refractivity contribution in [2.24, 2.45) is 11.7 Å². The SMILES string of the molecule is CC(CN)CCC(=O)Nc1cc(Cl)cc2cccnc12. The first-order chi connectivity index (χ1) is 9.60. The summed E-state index contributed by atoms with van der Waals surface area (Å²) in [5, 5.41) is 4.37. The third-order valence-corrected chi connectivity index (χ3v) is 3.43. The van der Waals surface area contributed by atoms with E-state index in [0.717, 1.165) is 17.3 Å². The number of fused-ring (bicyclic) bond motifs is 1. The van der Waals surface area contributed by atoms with Crippen LogP contribution in [0.15, 0.2) is 30.5 Å². The minimum Gasteiger partial charge on any atom is -0.330 e. The Morgan fingerprint density at radius 1 is 1.50 bits per heavy atom. The molecule has 0 aliphatic carbocycles. The molecule has 1 aromatic heterocycles. The summed E-state index contributed by atoms with van der Waals surface area (Å²) in [6.07, 6.45) is 2.91. The van der Waals surface area contributed by atoms with Gasteiger partial charge in [0.2, 0.25) is 5.91 Å². The zero-order chi connectivity index (χ0) is 14.5. The van der Waals surface area contributed by atoms with Crippen LogP contribution in [0.1, 0.15) is 19.8 Å².